The maximum Gasteiger partial charge on any atom is 0.154 e. The Labute approximate surface area is 130 Å². The van der Waals surface area contributed by atoms with E-state index in [1.807, 2.05) is 30.3 Å². The fourth-order valence-electron chi connectivity index (χ4n) is 2.28. The largest absolute Gasteiger partial charge is 0.298 e. The molecule has 0 saturated carbocycles. The van der Waals surface area contributed by atoms with Crippen molar-refractivity contribution in [3.05, 3.63) is 70.7 Å². The molecule has 0 spiro atoms. The highest BCUT2D eigenvalue weighted by atomic mass is 35.5. The summed E-state index contributed by atoms with van der Waals surface area (Å²) in [4.78, 5) is 12.2. The molecule has 0 aliphatic carbocycles. The summed E-state index contributed by atoms with van der Waals surface area (Å²) >= 11 is 6.07. The molecule has 0 saturated heterocycles. The first-order chi connectivity index (χ1) is 10.2. The van der Waals surface area contributed by atoms with Crippen molar-refractivity contribution in [2.24, 2.45) is 0 Å². The Morgan fingerprint density at radius 1 is 1.10 bits per heavy atom. The van der Waals surface area contributed by atoms with Gasteiger partial charge < -0.3 is 0 Å². The van der Waals surface area contributed by atoms with Crippen LogP contribution in [0, 0.1) is 11.3 Å². The van der Waals surface area contributed by atoms with E-state index >= 15 is 0 Å². The van der Waals surface area contributed by atoms with Gasteiger partial charge in [0.25, 0.3) is 0 Å². The Kier molecular flexibility index (Phi) is 5.54. The highest BCUT2D eigenvalue weighted by Gasteiger charge is 2.21. The van der Waals surface area contributed by atoms with E-state index in [4.69, 9.17) is 11.6 Å². The number of hydrogen-bond donors (Lipinski definition) is 0. The van der Waals surface area contributed by atoms with Gasteiger partial charge in [-0.05, 0) is 30.0 Å². The standard InChI is InChI=1S/C18H16ClNO/c19-17-11-5-4-10-15(17)16(13-20)18(21)12-6-9-14-7-2-1-3-8-14/h1-5,7-8,10-11,16H,6,9,12H2. The summed E-state index contributed by atoms with van der Waals surface area (Å²) in [5, 5.41) is 9.73. The minimum absolute atomic E-state index is 0.0680. The zero-order chi connectivity index (χ0) is 15.1. The SMILES string of the molecule is N#CC(C(=O)CCCc1ccccc1)c1ccccc1Cl. The van der Waals surface area contributed by atoms with E-state index < -0.39 is 5.92 Å². The second-order valence-electron chi connectivity index (χ2n) is 4.89. The van der Waals surface area contributed by atoms with Gasteiger partial charge >= 0.3 is 0 Å². The second kappa shape index (κ2) is 7.61. The molecule has 21 heavy (non-hydrogen) atoms. The fourth-order valence-corrected chi connectivity index (χ4v) is 2.52. The molecule has 0 heterocycles. The summed E-state index contributed by atoms with van der Waals surface area (Å²) in [7, 11) is 0. The van der Waals surface area contributed by atoms with Gasteiger partial charge in [0, 0.05) is 11.4 Å². The van der Waals surface area contributed by atoms with E-state index in [1.54, 1.807) is 24.3 Å². The van der Waals surface area contributed by atoms with Crippen molar-refractivity contribution >= 4 is 17.4 Å². The third-order valence-corrected chi connectivity index (χ3v) is 3.74. The molecule has 1 unspecified atom stereocenters. The van der Waals surface area contributed by atoms with Crippen molar-refractivity contribution in [1.29, 1.82) is 5.26 Å². The smallest absolute Gasteiger partial charge is 0.154 e. The summed E-state index contributed by atoms with van der Waals surface area (Å²) in [6, 6.07) is 19.1. The molecule has 0 fully saturated rings. The molecular formula is C18H16ClNO. The van der Waals surface area contributed by atoms with E-state index in [1.165, 1.54) is 5.56 Å². The van der Waals surface area contributed by atoms with Gasteiger partial charge in [-0.2, -0.15) is 5.26 Å². The van der Waals surface area contributed by atoms with Gasteiger partial charge in [-0.15, -0.1) is 0 Å². The van der Waals surface area contributed by atoms with Gasteiger partial charge in [-0.25, -0.2) is 0 Å². The average molecular weight is 298 g/mol. The zero-order valence-electron chi connectivity index (χ0n) is 11.6. The van der Waals surface area contributed by atoms with Crippen LogP contribution in [-0.2, 0) is 11.2 Å². The second-order valence-corrected chi connectivity index (χ2v) is 5.30. The lowest BCUT2D eigenvalue weighted by Gasteiger charge is -2.10. The number of aryl methyl sites for hydroxylation is 1. The lowest BCUT2D eigenvalue weighted by Crippen LogP contribution is -2.11. The molecule has 2 rings (SSSR count). The molecular weight excluding hydrogens is 282 g/mol. The lowest BCUT2D eigenvalue weighted by atomic mass is 9.92. The van der Waals surface area contributed by atoms with Crippen LogP contribution in [0.1, 0.15) is 29.9 Å². The van der Waals surface area contributed by atoms with Crippen molar-refractivity contribution in [3.8, 4) is 6.07 Å². The summed E-state index contributed by atoms with van der Waals surface area (Å²) in [5.41, 5.74) is 1.81. The summed E-state index contributed by atoms with van der Waals surface area (Å²) in [6.07, 6.45) is 1.97. The zero-order valence-corrected chi connectivity index (χ0v) is 12.4. The van der Waals surface area contributed by atoms with Gasteiger partial charge in [-0.1, -0.05) is 60.1 Å². The van der Waals surface area contributed by atoms with Crippen LogP contribution in [0.4, 0.5) is 0 Å². The molecule has 0 aromatic heterocycles. The van der Waals surface area contributed by atoms with Crippen LogP contribution >= 0.6 is 11.6 Å². The molecule has 1 atom stereocenters. The monoisotopic (exact) mass is 297 g/mol. The molecule has 2 aromatic carbocycles. The topological polar surface area (TPSA) is 40.9 Å². The Hall–Kier alpha value is -2.11. The van der Waals surface area contributed by atoms with E-state index in [0.29, 0.717) is 17.0 Å². The van der Waals surface area contributed by atoms with Crippen LogP contribution in [-0.4, -0.2) is 5.78 Å². The number of Topliss-reactive ketones (excluding diaryl/α,β-unsaturated/α-hetero) is 1. The third kappa shape index (κ3) is 4.18. The predicted octanol–water partition coefficient (Wildman–Crippen LogP) is 4.54. The van der Waals surface area contributed by atoms with Crippen molar-refractivity contribution < 1.29 is 4.79 Å². The first kappa shape index (κ1) is 15.3. The van der Waals surface area contributed by atoms with Crippen LogP contribution in [0.25, 0.3) is 0 Å². The number of carbonyl (C=O) groups is 1. The van der Waals surface area contributed by atoms with Crippen LogP contribution in [0.3, 0.4) is 0 Å². The molecule has 106 valence electrons. The lowest BCUT2D eigenvalue weighted by molar-refractivity contribution is -0.119. The summed E-state index contributed by atoms with van der Waals surface area (Å²) in [5.74, 6) is -0.837. The number of ketones is 1. The van der Waals surface area contributed by atoms with E-state index in [2.05, 4.69) is 6.07 Å². The molecule has 0 radical (unpaired) electrons. The normalized spacial score (nSPS) is 11.6. The van der Waals surface area contributed by atoms with E-state index in [9.17, 15) is 10.1 Å². The van der Waals surface area contributed by atoms with Crippen LogP contribution < -0.4 is 0 Å². The van der Waals surface area contributed by atoms with Crippen LogP contribution in [0.5, 0.6) is 0 Å². The van der Waals surface area contributed by atoms with Crippen molar-refractivity contribution in [2.45, 2.75) is 25.2 Å². The Balaban J connectivity index is 1.96. The number of nitrogens with zero attached hydrogens (tertiary/aromatic N) is 1. The van der Waals surface area contributed by atoms with Gasteiger partial charge in [0.2, 0.25) is 0 Å². The number of nitriles is 1. The molecule has 0 aliphatic rings. The molecule has 2 nitrogen and oxygen atoms in total. The van der Waals surface area contributed by atoms with Gasteiger partial charge in [0.1, 0.15) is 5.92 Å². The highest BCUT2D eigenvalue weighted by molar-refractivity contribution is 6.31. The molecule has 0 bridgehead atoms. The Morgan fingerprint density at radius 3 is 2.43 bits per heavy atom. The first-order valence-corrected chi connectivity index (χ1v) is 7.31. The Bertz CT molecular complexity index is 646. The number of benzene rings is 2. The molecule has 3 heteroatoms. The van der Waals surface area contributed by atoms with Crippen molar-refractivity contribution in [3.63, 3.8) is 0 Å². The predicted molar refractivity (Wildman–Crippen MR) is 84.2 cm³/mol. The van der Waals surface area contributed by atoms with E-state index in [-0.39, 0.29) is 5.78 Å². The molecule has 0 amide bonds. The summed E-state index contributed by atoms with van der Waals surface area (Å²) in [6.45, 7) is 0. The third-order valence-electron chi connectivity index (χ3n) is 3.40. The molecule has 2 aromatic rings. The van der Waals surface area contributed by atoms with Gasteiger partial charge in [-0.3, -0.25) is 4.79 Å². The fraction of sp³-hybridized carbons (Fsp3) is 0.222. The van der Waals surface area contributed by atoms with Gasteiger partial charge in [0.05, 0.1) is 6.07 Å². The maximum absolute atomic E-state index is 12.2. The van der Waals surface area contributed by atoms with Gasteiger partial charge in [0.15, 0.2) is 5.78 Å². The maximum atomic E-state index is 12.2. The quantitative estimate of drug-likeness (QED) is 0.785. The summed E-state index contributed by atoms with van der Waals surface area (Å²) < 4.78 is 0. The first-order valence-electron chi connectivity index (χ1n) is 6.93. The van der Waals surface area contributed by atoms with Crippen molar-refractivity contribution in [2.75, 3.05) is 0 Å². The Morgan fingerprint density at radius 2 is 1.76 bits per heavy atom. The number of halogens is 1. The van der Waals surface area contributed by atoms with Crippen molar-refractivity contribution in [1.82, 2.24) is 0 Å². The number of rotatable bonds is 6. The minimum atomic E-state index is -0.769. The average Bonchev–Trinajstić information content (AvgIpc) is 2.51. The highest BCUT2D eigenvalue weighted by Crippen LogP contribution is 2.26. The van der Waals surface area contributed by atoms with E-state index in [0.717, 1.165) is 12.8 Å². The number of carbonyl (C=O) groups excluding carboxylic acids is 1. The molecule has 0 N–H and O–H groups in total. The van der Waals surface area contributed by atoms with Crippen LogP contribution in [0.2, 0.25) is 5.02 Å². The minimum Gasteiger partial charge on any atom is -0.298 e. The number of hydrogen-bond acceptors (Lipinski definition) is 2. The van der Waals surface area contributed by atoms with Crippen LogP contribution in [0.15, 0.2) is 54.6 Å². The molecule has 0 aliphatic heterocycles.